The summed E-state index contributed by atoms with van der Waals surface area (Å²) in [4.78, 5) is 23.4. The summed E-state index contributed by atoms with van der Waals surface area (Å²) < 4.78 is 0. The maximum atomic E-state index is 11.2. The first-order valence-electron chi connectivity index (χ1n) is 3.12. The maximum Gasteiger partial charge on any atom is 0.243 e. The van der Waals surface area contributed by atoms with Gasteiger partial charge in [0.25, 0.3) is 0 Å². The van der Waals surface area contributed by atoms with Crippen molar-refractivity contribution in [2.75, 3.05) is 13.3 Å². The number of thioether (sulfide) groups is 1. The molecule has 2 amide bonds. The standard InChI is InChI=1S/C6H9NO2S2/c1-7-5(8)3(10)4(11-2)6(7)9/h3-4,10H,1-2H3. The Morgan fingerprint density at radius 3 is 2.18 bits per heavy atom. The Kier molecular flexibility index (Phi) is 2.49. The third kappa shape index (κ3) is 1.27. The van der Waals surface area contributed by atoms with Crippen LogP contribution < -0.4 is 0 Å². The van der Waals surface area contributed by atoms with Crippen LogP contribution in [0.3, 0.4) is 0 Å². The smallest absolute Gasteiger partial charge is 0.243 e. The van der Waals surface area contributed by atoms with E-state index in [9.17, 15) is 9.59 Å². The van der Waals surface area contributed by atoms with E-state index in [0.717, 1.165) is 4.90 Å². The molecule has 1 aliphatic rings. The average Bonchev–Trinajstić information content (AvgIpc) is 2.17. The van der Waals surface area contributed by atoms with E-state index in [-0.39, 0.29) is 17.1 Å². The first kappa shape index (κ1) is 8.93. The Labute approximate surface area is 74.9 Å². The molecule has 0 aromatic heterocycles. The molecule has 1 fully saturated rings. The van der Waals surface area contributed by atoms with E-state index in [4.69, 9.17) is 0 Å². The molecule has 0 aromatic carbocycles. The molecule has 0 N–H and O–H groups in total. The second-order valence-electron chi connectivity index (χ2n) is 2.34. The van der Waals surface area contributed by atoms with Gasteiger partial charge in [-0.15, -0.1) is 0 Å². The van der Waals surface area contributed by atoms with E-state index in [1.165, 1.54) is 18.8 Å². The molecule has 11 heavy (non-hydrogen) atoms. The third-order valence-electron chi connectivity index (χ3n) is 1.70. The Morgan fingerprint density at radius 1 is 1.45 bits per heavy atom. The van der Waals surface area contributed by atoms with Crippen LogP contribution in [0.15, 0.2) is 0 Å². The van der Waals surface area contributed by atoms with E-state index < -0.39 is 5.25 Å². The van der Waals surface area contributed by atoms with Gasteiger partial charge in [0.05, 0.1) is 0 Å². The van der Waals surface area contributed by atoms with Crippen molar-refractivity contribution < 1.29 is 9.59 Å². The maximum absolute atomic E-state index is 11.2. The molecule has 2 atom stereocenters. The molecule has 0 spiro atoms. The Hall–Kier alpha value is -0.160. The zero-order valence-electron chi connectivity index (χ0n) is 6.27. The fourth-order valence-corrected chi connectivity index (χ4v) is 2.39. The van der Waals surface area contributed by atoms with Crippen LogP contribution in [0, 0.1) is 0 Å². The molecule has 62 valence electrons. The van der Waals surface area contributed by atoms with Gasteiger partial charge in [-0.3, -0.25) is 14.5 Å². The van der Waals surface area contributed by atoms with Crippen molar-refractivity contribution in [2.45, 2.75) is 10.5 Å². The monoisotopic (exact) mass is 191 g/mol. The van der Waals surface area contributed by atoms with Crippen LogP contribution in [-0.4, -0.2) is 40.5 Å². The molecule has 1 saturated heterocycles. The van der Waals surface area contributed by atoms with Crippen molar-refractivity contribution in [2.24, 2.45) is 0 Å². The molecule has 1 aliphatic heterocycles. The highest BCUT2D eigenvalue weighted by atomic mass is 32.2. The Bertz CT molecular complexity index is 207. The van der Waals surface area contributed by atoms with Crippen LogP contribution in [0.2, 0.25) is 0 Å². The number of hydrogen-bond donors (Lipinski definition) is 1. The SMILES string of the molecule is CSC1C(=O)N(C)C(=O)C1S. The molecule has 1 rings (SSSR count). The lowest BCUT2D eigenvalue weighted by molar-refractivity contribution is -0.136. The fraction of sp³-hybridized carbons (Fsp3) is 0.667. The van der Waals surface area contributed by atoms with Gasteiger partial charge in [0.1, 0.15) is 10.5 Å². The van der Waals surface area contributed by atoms with Gasteiger partial charge in [0.15, 0.2) is 0 Å². The summed E-state index contributed by atoms with van der Waals surface area (Å²) in [5, 5.41) is -0.752. The highest BCUT2D eigenvalue weighted by Crippen LogP contribution is 2.25. The van der Waals surface area contributed by atoms with Crippen LogP contribution >= 0.6 is 24.4 Å². The van der Waals surface area contributed by atoms with Crippen LogP contribution in [-0.2, 0) is 9.59 Å². The second kappa shape index (κ2) is 3.06. The molecule has 0 aliphatic carbocycles. The molecule has 1 heterocycles. The number of hydrogen-bond acceptors (Lipinski definition) is 4. The van der Waals surface area contributed by atoms with Crippen LogP contribution in [0.5, 0.6) is 0 Å². The minimum absolute atomic E-state index is 0.137. The normalized spacial score (nSPS) is 31.7. The summed E-state index contributed by atoms with van der Waals surface area (Å²) in [5.41, 5.74) is 0. The van der Waals surface area contributed by atoms with E-state index in [2.05, 4.69) is 12.6 Å². The van der Waals surface area contributed by atoms with E-state index in [1.807, 2.05) is 0 Å². The molecular formula is C6H9NO2S2. The van der Waals surface area contributed by atoms with Gasteiger partial charge in [0.2, 0.25) is 11.8 Å². The topological polar surface area (TPSA) is 37.4 Å². The van der Waals surface area contributed by atoms with Gasteiger partial charge in [-0.1, -0.05) is 0 Å². The number of nitrogens with zero attached hydrogens (tertiary/aromatic N) is 1. The largest absolute Gasteiger partial charge is 0.284 e. The van der Waals surface area contributed by atoms with Crippen LogP contribution in [0.25, 0.3) is 0 Å². The van der Waals surface area contributed by atoms with Gasteiger partial charge in [-0.2, -0.15) is 24.4 Å². The van der Waals surface area contributed by atoms with E-state index in [0.29, 0.717) is 0 Å². The lowest BCUT2D eigenvalue weighted by Gasteiger charge is -2.05. The number of carbonyl (C=O) groups is 2. The number of likely N-dealkylation sites (tertiary alicyclic amines) is 1. The number of rotatable bonds is 1. The molecule has 0 radical (unpaired) electrons. The van der Waals surface area contributed by atoms with Gasteiger partial charge in [-0.05, 0) is 6.26 Å². The molecule has 5 heteroatoms. The fourth-order valence-electron chi connectivity index (χ4n) is 0.992. The average molecular weight is 191 g/mol. The number of amides is 2. The molecule has 0 saturated carbocycles. The van der Waals surface area contributed by atoms with Crippen LogP contribution in [0.4, 0.5) is 0 Å². The number of carbonyl (C=O) groups excluding carboxylic acids is 2. The first-order chi connectivity index (χ1) is 5.09. The summed E-state index contributed by atoms with van der Waals surface area (Å²) in [6.07, 6.45) is 1.80. The Balaban J connectivity index is 2.86. The minimum atomic E-state index is -0.456. The number of thiol groups is 1. The molecule has 2 unspecified atom stereocenters. The van der Waals surface area contributed by atoms with E-state index in [1.54, 1.807) is 6.26 Å². The lowest BCUT2D eigenvalue weighted by atomic mass is 10.3. The first-order valence-corrected chi connectivity index (χ1v) is 4.92. The number of imide groups is 1. The quantitative estimate of drug-likeness (QED) is 0.469. The summed E-state index contributed by atoms with van der Waals surface area (Å²) in [6, 6.07) is 0. The van der Waals surface area contributed by atoms with Crippen LogP contribution in [0.1, 0.15) is 0 Å². The molecule has 0 aromatic rings. The highest BCUT2D eigenvalue weighted by molar-refractivity contribution is 8.01. The molecular weight excluding hydrogens is 182 g/mol. The second-order valence-corrected chi connectivity index (χ2v) is 3.87. The zero-order chi connectivity index (χ0) is 8.59. The van der Waals surface area contributed by atoms with Crippen molar-refractivity contribution in [3.05, 3.63) is 0 Å². The van der Waals surface area contributed by atoms with Crippen molar-refractivity contribution in [3.8, 4) is 0 Å². The summed E-state index contributed by atoms with van der Waals surface area (Å²) in [6.45, 7) is 0. The van der Waals surface area contributed by atoms with Gasteiger partial charge < -0.3 is 0 Å². The lowest BCUT2D eigenvalue weighted by Crippen LogP contribution is -2.26. The van der Waals surface area contributed by atoms with Crippen molar-refractivity contribution in [1.82, 2.24) is 4.90 Å². The predicted octanol–water partition coefficient (Wildman–Crippen LogP) is 0.0150. The van der Waals surface area contributed by atoms with Crippen molar-refractivity contribution in [3.63, 3.8) is 0 Å². The van der Waals surface area contributed by atoms with Gasteiger partial charge in [-0.25, -0.2) is 0 Å². The molecule has 3 nitrogen and oxygen atoms in total. The van der Waals surface area contributed by atoms with Gasteiger partial charge >= 0.3 is 0 Å². The summed E-state index contributed by atoms with van der Waals surface area (Å²) in [5.74, 6) is -0.333. The highest BCUT2D eigenvalue weighted by Gasteiger charge is 2.43. The molecule has 0 bridgehead atoms. The Morgan fingerprint density at radius 2 is 2.00 bits per heavy atom. The van der Waals surface area contributed by atoms with E-state index >= 15 is 0 Å². The predicted molar refractivity (Wildman–Crippen MR) is 47.9 cm³/mol. The third-order valence-corrected chi connectivity index (χ3v) is 3.40. The summed E-state index contributed by atoms with van der Waals surface area (Å²) in [7, 11) is 1.49. The van der Waals surface area contributed by atoms with Crippen molar-refractivity contribution >= 4 is 36.2 Å². The zero-order valence-corrected chi connectivity index (χ0v) is 7.98. The minimum Gasteiger partial charge on any atom is -0.284 e. The van der Waals surface area contributed by atoms with Crippen molar-refractivity contribution in [1.29, 1.82) is 0 Å². The summed E-state index contributed by atoms with van der Waals surface area (Å²) >= 11 is 5.42. The van der Waals surface area contributed by atoms with Gasteiger partial charge in [0, 0.05) is 7.05 Å².